The molecular formula is C16H16N2OS. The number of ether oxygens (including phenoxy) is 1. The molecule has 0 bridgehead atoms. The van der Waals surface area contributed by atoms with Crippen molar-refractivity contribution in [2.24, 2.45) is 5.73 Å². The number of hydrogen-bond acceptors (Lipinski definition) is 4. The van der Waals surface area contributed by atoms with Gasteiger partial charge in [0.1, 0.15) is 11.9 Å². The van der Waals surface area contributed by atoms with Crippen LogP contribution in [0.3, 0.4) is 0 Å². The molecule has 0 saturated carbocycles. The summed E-state index contributed by atoms with van der Waals surface area (Å²) in [7, 11) is 0. The minimum atomic E-state index is -0.138. The van der Waals surface area contributed by atoms with Gasteiger partial charge < -0.3 is 10.5 Å². The number of pyridine rings is 1. The zero-order valence-corrected chi connectivity index (χ0v) is 12.0. The predicted molar refractivity (Wildman–Crippen MR) is 83.1 cm³/mol. The quantitative estimate of drug-likeness (QED) is 0.793. The number of aromatic nitrogens is 1. The maximum atomic E-state index is 6.18. The van der Waals surface area contributed by atoms with Crippen molar-refractivity contribution in [1.29, 1.82) is 0 Å². The smallest absolute Gasteiger partial charge is 0.148 e. The summed E-state index contributed by atoms with van der Waals surface area (Å²) in [6.07, 6.45) is 1.65. The highest BCUT2D eigenvalue weighted by molar-refractivity contribution is 7.10. The summed E-state index contributed by atoms with van der Waals surface area (Å²) in [6.45, 7) is 1.97. The third-order valence-corrected chi connectivity index (χ3v) is 4.09. The molecule has 0 amide bonds. The minimum Gasteiger partial charge on any atom is -0.483 e. The van der Waals surface area contributed by atoms with E-state index in [9.17, 15) is 0 Å². The summed E-state index contributed by atoms with van der Waals surface area (Å²) in [6, 6.07) is 13.8. The summed E-state index contributed by atoms with van der Waals surface area (Å²) in [5.41, 5.74) is 7.02. The van der Waals surface area contributed by atoms with E-state index in [1.807, 2.05) is 48.7 Å². The van der Waals surface area contributed by atoms with Gasteiger partial charge >= 0.3 is 0 Å². The fourth-order valence-corrected chi connectivity index (χ4v) is 3.06. The molecule has 0 aliphatic rings. The molecule has 20 heavy (non-hydrogen) atoms. The van der Waals surface area contributed by atoms with Gasteiger partial charge in [0, 0.05) is 22.5 Å². The number of benzene rings is 1. The Labute approximate surface area is 122 Å². The van der Waals surface area contributed by atoms with Crippen LogP contribution in [-0.4, -0.2) is 11.0 Å². The first kappa shape index (κ1) is 13.1. The van der Waals surface area contributed by atoms with Gasteiger partial charge in [-0.2, -0.15) is 0 Å². The van der Waals surface area contributed by atoms with Gasteiger partial charge in [0.25, 0.3) is 0 Å². The molecule has 0 radical (unpaired) electrons. The van der Waals surface area contributed by atoms with E-state index in [1.165, 1.54) is 0 Å². The van der Waals surface area contributed by atoms with E-state index in [0.717, 1.165) is 21.5 Å². The molecule has 0 fully saturated rings. The fourth-order valence-electron chi connectivity index (χ4n) is 2.19. The van der Waals surface area contributed by atoms with Crippen LogP contribution in [0.4, 0.5) is 0 Å². The largest absolute Gasteiger partial charge is 0.483 e. The second kappa shape index (κ2) is 5.61. The predicted octanol–water partition coefficient (Wildman–Crippen LogP) is 3.76. The minimum absolute atomic E-state index is 0.0828. The molecule has 2 unspecified atom stereocenters. The van der Waals surface area contributed by atoms with E-state index in [-0.39, 0.29) is 12.1 Å². The van der Waals surface area contributed by atoms with E-state index in [0.29, 0.717) is 0 Å². The molecular weight excluding hydrogens is 268 g/mol. The van der Waals surface area contributed by atoms with Crippen molar-refractivity contribution in [2.75, 3.05) is 0 Å². The lowest BCUT2D eigenvalue weighted by molar-refractivity contribution is 0.186. The van der Waals surface area contributed by atoms with E-state index in [4.69, 9.17) is 10.5 Å². The molecule has 4 heteroatoms. The monoisotopic (exact) mass is 284 g/mol. The maximum absolute atomic E-state index is 6.18. The number of rotatable bonds is 4. The summed E-state index contributed by atoms with van der Waals surface area (Å²) >= 11 is 1.66. The highest BCUT2D eigenvalue weighted by Crippen LogP contribution is 2.31. The topological polar surface area (TPSA) is 48.1 Å². The number of fused-ring (bicyclic) bond motifs is 1. The van der Waals surface area contributed by atoms with Gasteiger partial charge in [-0.1, -0.05) is 12.1 Å². The van der Waals surface area contributed by atoms with Crippen molar-refractivity contribution in [1.82, 2.24) is 4.98 Å². The zero-order chi connectivity index (χ0) is 13.9. The summed E-state index contributed by atoms with van der Waals surface area (Å²) < 4.78 is 6.18. The Morgan fingerprint density at radius 2 is 2.05 bits per heavy atom. The molecule has 3 rings (SSSR count). The standard InChI is InChI=1S/C16H16N2OS/c1-11(17)16(15-8-4-10-20-15)19-14-7-2-6-13-12(14)5-3-9-18-13/h2-11,16H,17H2,1H3. The lowest BCUT2D eigenvalue weighted by Gasteiger charge is -2.22. The zero-order valence-electron chi connectivity index (χ0n) is 11.2. The Morgan fingerprint density at radius 3 is 2.80 bits per heavy atom. The van der Waals surface area contributed by atoms with Crippen molar-refractivity contribution >= 4 is 22.2 Å². The van der Waals surface area contributed by atoms with Crippen LogP contribution in [0.25, 0.3) is 10.9 Å². The molecule has 0 aliphatic heterocycles. The van der Waals surface area contributed by atoms with E-state index >= 15 is 0 Å². The summed E-state index contributed by atoms with van der Waals surface area (Å²) in [5, 5.41) is 3.05. The Balaban J connectivity index is 1.99. The second-order valence-electron chi connectivity index (χ2n) is 4.74. The molecule has 0 saturated heterocycles. The van der Waals surface area contributed by atoms with E-state index in [2.05, 4.69) is 11.1 Å². The van der Waals surface area contributed by atoms with Gasteiger partial charge in [0.15, 0.2) is 0 Å². The normalized spacial score (nSPS) is 14.1. The first-order valence-electron chi connectivity index (χ1n) is 6.55. The SMILES string of the molecule is CC(N)C(Oc1cccc2ncccc12)c1cccs1. The van der Waals surface area contributed by atoms with Crippen molar-refractivity contribution in [3.8, 4) is 5.75 Å². The van der Waals surface area contributed by atoms with Crippen LogP contribution >= 0.6 is 11.3 Å². The molecule has 3 nitrogen and oxygen atoms in total. The van der Waals surface area contributed by atoms with Gasteiger partial charge in [0.2, 0.25) is 0 Å². The lowest BCUT2D eigenvalue weighted by atomic mass is 10.1. The Morgan fingerprint density at radius 1 is 1.15 bits per heavy atom. The van der Waals surface area contributed by atoms with Crippen LogP contribution in [0.15, 0.2) is 54.0 Å². The van der Waals surface area contributed by atoms with Crippen molar-refractivity contribution in [3.63, 3.8) is 0 Å². The highest BCUT2D eigenvalue weighted by Gasteiger charge is 2.20. The van der Waals surface area contributed by atoms with Gasteiger partial charge in [-0.25, -0.2) is 0 Å². The number of hydrogen-bond donors (Lipinski definition) is 1. The van der Waals surface area contributed by atoms with Gasteiger partial charge in [-0.05, 0) is 42.6 Å². The Hall–Kier alpha value is -1.91. The maximum Gasteiger partial charge on any atom is 0.148 e. The third-order valence-electron chi connectivity index (χ3n) is 3.16. The summed E-state index contributed by atoms with van der Waals surface area (Å²) in [4.78, 5) is 5.49. The molecule has 2 aromatic heterocycles. The average molecular weight is 284 g/mol. The first-order chi connectivity index (χ1) is 9.75. The first-order valence-corrected chi connectivity index (χ1v) is 7.43. The average Bonchev–Trinajstić information content (AvgIpc) is 2.98. The number of nitrogens with two attached hydrogens (primary N) is 1. The molecule has 0 spiro atoms. The molecule has 2 N–H and O–H groups in total. The molecule has 102 valence electrons. The molecule has 3 aromatic rings. The van der Waals surface area contributed by atoms with Crippen LogP contribution in [0.5, 0.6) is 5.75 Å². The van der Waals surface area contributed by atoms with Crippen molar-refractivity contribution < 1.29 is 4.74 Å². The molecule has 2 heterocycles. The lowest BCUT2D eigenvalue weighted by Crippen LogP contribution is -2.28. The summed E-state index contributed by atoms with van der Waals surface area (Å²) in [5.74, 6) is 0.825. The van der Waals surface area contributed by atoms with Crippen molar-refractivity contribution in [3.05, 3.63) is 58.9 Å². The van der Waals surface area contributed by atoms with Crippen LogP contribution < -0.4 is 10.5 Å². The fraction of sp³-hybridized carbons (Fsp3) is 0.188. The van der Waals surface area contributed by atoms with Gasteiger partial charge in [-0.3, -0.25) is 4.98 Å². The van der Waals surface area contributed by atoms with E-state index < -0.39 is 0 Å². The van der Waals surface area contributed by atoms with Crippen molar-refractivity contribution in [2.45, 2.75) is 19.1 Å². The third kappa shape index (κ3) is 2.53. The number of thiophene rings is 1. The van der Waals surface area contributed by atoms with Gasteiger partial charge in [-0.15, -0.1) is 11.3 Å². The van der Waals surface area contributed by atoms with Crippen LogP contribution in [0, 0.1) is 0 Å². The van der Waals surface area contributed by atoms with E-state index in [1.54, 1.807) is 17.5 Å². The van der Waals surface area contributed by atoms with Crippen LogP contribution in [-0.2, 0) is 0 Å². The second-order valence-corrected chi connectivity index (χ2v) is 5.72. The van der Waals surface area contributed by atoms with Crippen LogP contribution in [0.2, 0.25) is 0 Å². The van der Waals surface area contributed by atoms with Crippen LogP contribution in [0.1, 0.15) is 17.9 Å². The van der Waals surface area contributed by atoms with Gasteiger partial charge in [0.05, 0.1) is 5.52 Å². The Bertz CT molecular complexity index is 689. The highest BCUT2D eigenvalue weighted by atomic mass is 32.1. The number of nitrogens with zero attached hydrogens (tertiary/aromatic N) is 1. The molecule has 1 aromatic carbocycles. The molecule has 0 aliphatic carbocycles. The Kier molecular flexibility index (Phi) is 3.67. The molecule has 2 atom stereocenters.